The zero-order valence-corrected chi connectivity index (χ0v) is 10.9. The van der Waals surface area contributed by atoms with Crippen LogP contribution in [0.5, 0.6) is 0 Å². The predicted octanol–water partition coefficient (Wildman–Crippen LogP) is 2.67. The van der Waals surface area contributed by atoms with Crippen molar-refractivity contribution in [2.75, 3.05) is 6.54 Å². The van der Waals surface area contributed by atoms with E-state index in [9.17, 15) is 0 Å². The summed E-state index contributed by atoms with van der Waals surface area (Å²) in [5.74, 6) is 0. The molecule has 3 N–H and O–H groups in total. The second kappa shape index (κ2) is 5.30. The third-order valence-corrected chi connectivity index (χ3v) is 4.74. The van der Waals surface area contributed by atoms with Crippen LogP contribution >= 0.6 is 11.3 Å². The maximum atomic E-state index is 6.17. The molecule has 1 aliphatic rings. The summed E-state index contributed by atoms with van der Waals surface area (Å²) in [6, 6.07) is 4.47. The molecule has 0 bridgehead atoms. The van der Waals surface area contributed by atoms with Crippen molar-refractivity contribution >= 4 is 11.3 Å². The lowest BCUT2D eigenvalue weighted by Gasteiger charge is -2.38. The van der Waals surface area contributed by atoms with E-state index in [0.29, 0.717) is 0 Å². The zero-order chi connectivity index (χ0) is 11.4. The van der Waals surface area contributed by atoms with Crippen LogP contribution < -0.4 is 11.1 Å². The first-order valence-electron chi connectivity index (χ1n) is 6.29. The summed E-state index contributed by atoms with van der Waals surface area (Å²) in [5, 5.41) is 3.49. The molecule has 0 aliphatic heterocycles. The second-order valence-corrected chi connectivity index (χ2v) is 6.12. The van der Waals surface area contributed by atoms with Gasteiger partial charge in [0.15, 0.2) is 0 Å². The Morgan fingerprint density at radius 2 is 2.12 bits per heavy atom. The first kappa shape index (κ1) is 12.1. The molecule has 0 amide bonds. The van der Waals surface area contributed by atoms with Gasteiger partial charge in [-0.2, -0.15) is 0 Å². The minimum absolute atomic E-state index is 0.164. The van der Waals surface area contributed by atoms with E-state index in [0.717, 1.165) is 25.9 Å². The number of rotatable bonds is 6. The van der Waals surface area contributed by atoms with Gasteiger partial charge in [0.2, 0.25) is 0 Å². The Morgan fingerprint density at radius 3 is 2.69 bits per heavy atom. The molecule has 1 saturated carbocycles. The molecule has 0 saturated heterocycles. The smallest absolute Gasteiger partial charge is 0.0299 e. The lowest BCUT2D eigenvalue weighted by Crippen LogP contribution is -2.48. The van der Waals surface area contributed by atoms with Crippen LogP contribution in [0, 0.1) is 0 Å². The van der Waals surface area contributed by atoms with Gasteiger partial charge in [0.25, 0.3) is 0 Å². The van der Waals surface area contributed by atoms with Gasteiger partial charge in [0.1, 0.15) is 0 Å². The molecule has 2 nitrogen and oxygen atoms in total. The quantitative estimate of drug-likeness (QED) is 0.748. The van der Waals surface area contributed by atoms with Crippen molar-refractivity contribution in [1.29, 1.82) is 0 Å². The van der Waals surface area contributed by atoms with E-state index in [1.165, 1.54) is 29.0 Å². The molecule has 0 unspecified atom stereocenters. The van der Waals surface area contributed by atoms with Crippen molar-refractivity contribution in [3.05, 3.63) is 21.9 Å². The zero-order valence-electron chi connectivity index (χ0n) is 10.1. The van der Waals surface area contributed by atoms with Crippen molar-refractivity contribution in [1.82, 2.24) is 5.32 Å². The van der Waals surface area contributed by atoms with Gasteiger partial charge in [0.05, 0.1) is 0 Å². The summed E-state index contributed by atoms with van der Waals surface area (Å²) in [4.78, 5) is 2.92. The fourth-order valence-corrected chi connectivity index (χ4v) is 3.06. The highest BCUT2D eigenvalue weighted by molar-refractivity contribution is 7.11. The molecular weight excluding hydrogens is 216 g/mol. The number of nitrogens with one attached hydrogen (secondary N) is 1. The third kappa shape index (κ3) is 3.06. The fraction of sp³-hybridized carbons (Fsp3) is 0.692. The van der Waals surface area contributed by atoms with Gasteiger partial charge in [-0.15, -0.1) is 11.3 Å². The maximum Gasteiger partial charge on any atom is 0.0299 e. The average molecular weight is 238 g/mol. The Kier molecular flexibility index (Phi) is 4.00. The molecule has 1 aromatic rings. The molecule has 1 aromatic heterocycles. The van der Waals surface area contributed by atoms with Crippen molar-refractivity contribution in [3.63, 3.8) is 0 Å². The normalized spacial score (nSPS) is 18.4. The first-order valence-corrected chi connectivity index (χ1v) is 7.11. The van der Waals surface area contributed by atoms with E-state index in [1.54, 1.807) is 0 Å². The van der Waals surface area contributed by atoms with Crippen LogP contribution in [0.25, 0.3) is 0 Å². The molecule has 0 atom stereocenters. The summed E-state index contributed by atoms with van der Waals surface area (Å²) in [6.07, 6.45) is 6.03. The third-order valence-electron chi connectivity index (χ3n) is 3.51. The van der Waals surface area contributed by atoms with Gasteiger partial charge < -0.3 is 11.1 Å². The monoisotopic (exact) mass is 238 g/mol. The van der Waals surface area contributed by atoms with E-state index in [2.05, 4.69) is 24.4 Å². The average Bonchev–Trinajstić information content (AvgIpc) is 2.70. The lowest BCUT2D eigenvalue weighted by molar-refractivity contribution is 0.229. The second-order valence-electron chi connectivity index (χ2n) is 4.86. The standard InChI is InChI=1S/C13H22N2S/c1-2-11-4-5-12(16-11)10-15-9-8-13(14)6-3-7-13/h4-5,15H,2-3,6-10,14H2,1H3. The highest BCUT2D eigenvalue weighted by Gasteiger charge is 2.31. The number of nitrogens with two attached hydrogens (primary N) is 1. The van der Waals surface area contributed by atoms with Gasteiger partial charge in [-0.1, -0.05) is 6.92 Å². The molecule has 0 radical (unpaired) electrons. The Hall–Kier alpha value is -0.380. The molecule has 0 aromatic carbocycles. The molecule has 90 valence electrons. The molecular formula is C13H22N2S. The van der Waals surface area contributed by atoms with Gasteiger partial charge in [-0.25, -0.2) is 0 Å². The highest BCUT2D eigenvalue weighted by atomic mass is 32.1. The van der Waals surface area contributed by atoms with E-state index >= 15 is 0 Å². The van der Waals surface area contributed by atoms with E-state index < -0.39 is 0 Å². The summed E-state index contributed by atoms with van der Waals surface area (Å²) in [6.45, 7) is 4.26. The first-order chi connectivity index (χ1) is 7.72. The lowest BCUT2D eigenvalue weighted by atomic mass is 9.75. The van der Waals surface area contributed by atoms with Crippen molar-refractivity contribution < 1.29 is 0 Å². The summed E-state index contributed by atoms with van der Waals surface area (Å²) < 4.78 is 0. The highest BCUT2D eigenvalue weighted by Crippen LogP contribution is 2.31. The van der Waals surface area contributed by atoms with E-state index in [1.807, 2.05) is 11.3 Å². The molecule has 1 fully saturated rings. The predicted molar refractivity (Wildman–Crippen MR) is 70.8 cm³/mol. The van der Waals surface area contributed by atoms with E-state index in [4.69, 9.17) is 5.73 Å². The Balaban J connectivity index is 1.64. The summed E-state index contributed by atoms with van der Waals surface area (Å²) in [7, 11) is 0. The number of thiophene rings is 1. The topological polar surface area (TPSA) is 38.0 Å². The maximum absolute atomic E-state index is 6.17. The van der Waals surface area contributed by atoms with Crippen LogP contribution in [0.15, 0.2) is 12.1 Å². The molecule has 0 spiro atoms. The molecule has 3 heteroatoms. The Labute approximate surface area is 102 Å². The van der Waals surface area contributed by atoms with Crippen LogP contribution in [-0.2, 0) is 13.0 Å². The number of hydrogen-bond donors (Lipinski definition) is 2. The van der Waals surface area contributed by atoms with Crippen molar-refractivity contribution in [2.24, 2.45) is 5.73 Å². The number of aryl methyl sites for hydroxylation is 1. The van der Waals surface area contributed by atoms with Gasteiger partial charge in [-0.05, 0) is 50.8 Å². The van der Waals surface area contributed by atoms with Crippen LogP contribution in [0.4, 0.5) is 0 Å². The minimum atomic E-state index is 0.164. The van der Waals surface area contributed by atoms with Gasteiger partial charge in [0, 0.05) is 21.8 Å². The van der Waals surface area contributed by atoms with Crippen LogP contribution in [0.2, 0.25) is 0 Å². The van der Waals surface area contributed by atoms with E-state index in [-0.39, 0.29) is 5.54 Å². The number of hydrogen-bond acceptors (Lipinski definition) is 3. The van der Waals surface area contributed by atoms with Crippen molar-refractivity contribution in [2.45, 2.75) is 51.1 Å². The van der Waals surface area contributed by atoms with Crippen LogP contribution in [-0.4, -0.2) is 12.1 Å². The SMILES string of the molecule is CCc1ccc(CNCCC2(N)CCC2)s1. The molecule has 1 aliphatic carbocycles. The molecule has 1 heterocycles. The fourth-order valence-electron chi connectivity index (χ4n) is 2.14. The summed E-state index contributed by atoms with van der Waals surface area (Å²) in [5.41, 5.74) is 6.33. The van der Waals surface area contributed by atoms with Crippen LogP contribution in [0.3, 0.4) is 0 Å². The van der Waals surface area contributed by atoms with Crippen molar-refractivity contribution in [3.8, 4) is 0 Å². The largest absolute Gasteiger partial charge is 0.325 e. The Morgan fingerprint density at radius 1 is 1.38 bits per heavy atom. The minimum Gasteiger partial charge on any atom is -0.325 e. The van der Waals surface area contributed by atoms with Gasteiger partial charge in [-0.3, -0.25) is 0 Å². The Bertz CT molecular complexity index is 328. The van der Waals surface area contributed by atoms with Gasteiger partial charge >= 0.3 is 0 Å². The molecule has 16 heavy (non-hydrogen) atoms. The van der Waals surface area contributed by atoms with Crippen LogP contribution in [0.1, 0.15) is 42.4 Å². The molecule has 2 rings (SSSR count). The summed E-state index contributed by atoms with van der Waals surface area (Å²) >= 11 is 1.92.